The van der Waals surface area contributed by atoms with Gasteiger partial charge in [0, 0.05) is 33.9 Å². The maximum Gasteiger partial charge on any atom is 0.164 e. The highest BCUT2D eigenvalue weighted by Crippen LogP contribution is 2.63. The number of benzene rings is 7. The fraction of sp³-hybridized carbons (Fsp3) is 0.105. The fourth-order valence-electron chi connectivity index (χ4n) is 10.9. The number of allylic oxidation sites excluding steroid dienone is 4. The zero-order valence-electron chi connectivity index (χ0n) is 33.5. The van der Waals surface area contributed by atoms with Crippen LogP contribution in [0.1, 0.15) is 58.7 Å². The lowest BCUT2D eigenvalue weighted by Gasteiger charge is -2.46. The van der Waals surface area contributed by atoms with E-state index in [-0.39, 0.29) is 17.3 Å². The van der Waals surface area contributed by atoms with Crippen molar-refractivity contribution in [3.05, 3.63) is 244 Å². The summed E-state index contributed by atoms with van der Waals surface area (Å²) < 4.78 is 0. The molecule has 3 heteroatoms. The van der Waals surface area contributed by atoms with Gasteiger partial charge in [0.25, 0.3) is 0 Å². The molecule has 60 heavy (non-hydrogen) atoms. The summed E-state index contributed by atoms with van der Waals surface area (Å²) in [7, 11) is 0. The van der Waals surface area contributed by atoms with Crippen LogP contribution in [0, 0.1) is 5.92 Å². The number of rotatable bonds is 4. The SMILES string of the molecule is CC1(C)c2ccccc2C2(c3ccc(C4C=c5ccccc5=C5C=CC=CC54)cc3-c3c(-c4nc(-c5ccccc5)nc(-c5ccccc5)n4)cccc32)c2ccccc21. The first kappa shape index (κ1) is 34.8. The third-order valence-corrected chi connectivity index (χ3v) is 13.6. The number of fused-ring (bicyclic) bond motifs is 11. The largest absolute Gasteiger partial charge is 0.208 e. The van der Waals surface area contributed by atoms with E-state index in [1.807, 2.05) is 36.4 Å². The van der Waals surface area contributed by atoms with Crippen LogP contribution in [0.2, 0.25) is 0 Å². The Labute approximate surface area is 350 Å². The Morgan fingerprint density at radius 1 is 0.450 bits per heavy atom. The van der Waals surface area contributed by atoms with Gasteiger partial charge in [0.2, 0.25) is 0 Å². The van der Waals surface area contributed by atoms with Crippen LogP contribution in [-0.4, -0.2) is 15.0 Å². The van der Waals surface area contributed by atoms with Gasteiger partial charge in [-0.2, -0.15) is 0 Å². The first-order valence-electron chi connectivity index (χ1n) is 21.0. The number of hydrogen-bond acceptors (Lipinski definition) is 3. The number of hydrogen-bond donors (Lipinski definition) is 0. The number of aromatic nitrogens is 3. The highest BCUT2D eigenvalue weighted by molar-refractivity contribution is 5.96. The molecule has 1 heterocycles. The van der Waals surface area contributed by atoms with E-state index < -0.39 is 5.41 Å². The summed E-state index contributed by atoms with van der Waals surface area (Å²) in [4.78, 5) is 15.8. The third kappa shape index (κ3) is 4.93. The molecule has 4 aliphatic carbocycles. The van der Waals surface area contributed by atoms with E-state index in [9.17, 15) is 0 Å². The molecule has 0 aliphatic heterocycles. The molecule has 1 spiro atoms. The quantitative estimate of drug-likeness (QED) is 0.179. The second-order valence-corrected chi connectivity index (χ2v) is 17.0. The molecule has 2 atom stereocenters. The van der Waals surface area contributed by atoms with Crippen molar-refractivity contribution >= 4 is 11.6 Å². The van der Waals surface area contributed by atoms with Gasteiger partial charge in [0.1, 0.15) is 0 Å². The van der Waals surface area contributed by atoms with E-state index in [2.05, 4.69) is 178 Å². The first-order valence-corrected chi connectivity index (χ1v) is 21.0. The summed E-state index contributed by atoms with van der Waals surface area (Å²) in [6.45, 7) is 4.76. The normalized spacial score (nSPS) is 18.1. The average molecular weight is 768 g/mol. The van der Waals surface area contributed by atoms with E-state index >= 15 is 0 Å². The van der Waals surface area contributed by atoms with Crippen LogP contribution in [0.4, 0.5) is 0 Å². The molecule has 8 aromatic rings. The molecule has 4 aliphatic rings. The van der Waals surface area contributed by atoms with Crippen molar-refractivity contribution in [3.8, 4) is 45.3 Å². The van der Waals surface area contributed by atoms with E-state index in [1.54, 1.807) is 0 Å². The zero-order chi connectivity index (χ0) is 40.0. The summed E-state index contributed by atoms with van der Waals surface area (Å²) in [5.41, 5.74) is 15.2. The molecule has 1 aromatic heterocycles. The van der Waals surface area contributed by atoms with E-state index in [0.29, 0.717) is 17.5 Å². The molecule has 284 valence electrons. The summed E-state index contributed by atoms with van der Waals surface area (Å²) in [5.74, 6) is 2.37. The Balaban J connectivity index is 1.18. The van der Waals surface area contributed by atoms with Gasteiger partial charge in [-0.15, -0.1) is 0 Å². The molecular weight excluding hydrogens is 727 g/mol. The zero-order valence-corrected chi connectivity index (χ0v) is 33.5. The Bertz CT molecular complexity index is 3140. The van der Waals surface area contributed by atoms with Crippen molar-refractivity contribution in [3.63, 3.8) is 0 Å². The standard InChI is InChI=1S/C57H41N3/c1-56(2)47-27-13-15-29-49(47)57(50-30-16-14-28-48(50)56)46-33-32-39(44-34-38-22-9-10-23-40(38)41-24-11-12-25-42(41)44)35-45(46)52-43(26-17-31-51(52)57)55-59-53(36-18-5-3-6-19-36)58-54(60-55)37-20-7-4-8-21-37/h3-35,42,44H,1-2H3. The van der Waals surface area contributed by atoms with Crippen LogP contribution in [-0.2, 0) is 10.8 Å². The molecule has 0 fully saturated rings. The molecule has 0 saturated carbocycles. The Morgan fingerprint density at radius 2 is 1.03 bits per heavy atom. The summed E-state index contributed by atoms with van der Waals surface area (Å²) >= 11 is 0. The summed E-state index contributed by atoms with van der Waals surface area (Å²) in [6.07, 6.45) is 11.6. The van der Waals surface area contributed by atoms with Gasteiger partial charge >= 0.3 is 0 Å². The summed E-state index contributed by atoms with van der Waals surface area (Å²) in [6, 6.07) is 61.9. The Hall–Kier alpha value is -7.23. The second-order valence-electron chi connectivity index (χ2n) is 17.0. The lowest BCUT2D eigenvalue weighted by Crippen LogP contribution is -2.40. The Kier molecular flexibility index (Phi) is 7.62. The van der Waals surface area contributed by atoms with Crippen molar-refractivity contribution in [1.82, 2.24) is 15.0 Å². The first-order chi connectivity index (χ1) is 29.5. The maximum absolute atomic E-state index is 5.34. The van der Waals surface area contributed by atoms with E-state index in [1.165, 1.54) is 66.1 Å². The smallest absolute Gasteiger partial charge is 0.164 e. The minimum absolute atomic E-state index is 0.157. The van der Waals surface area contributed by atoms with Crippen molar-refractivity contribution < 1.29 is 0 Å². The molecule has 0 saturated heterocycles. The lowest BCUT2D eigenvalue weighted by molar-refractivity contribution is 0.563. The molecule has 0 amide bonds. The van der Waals surface area contributed by atoms with Crippen LogP contribution in [0.5, 0.6) is 0 Å². The van der Waals surface area contributed by atoms with E-state index in [4.69, 9.17) is 15.0 Å². The van der Waals surface area contributed by atoms with Crippen LogP contribution in [0.25, 0.3) is 56.9 Å². The van der Waals surface area contributed by atoms with Crippen LogP contribution in [0.15, 0.2) is 194 Å². The third-order valence-electron chi connectivity index (χ3n) is 13.6. The van der Waals surface area contributed by atoms with Gasteiger partial charge in [0.05, 0.1) is 5.41 Å². The molecule has 0 bridgehead atoms. The minimum Gasteiger partial charge on any atom is -0.208 e. The van der Waals surface area contributed by atoms with Crippen LogP contribution in [0.3, 0.4) is 0 Å². The number of nitrogens with zero attached hydrogens (tertiary/aromatic N) is 3. The van der Waals surface area contributed by atoms with Crippen LogP contribution < -0.4 is 10.4 Å². The molecule has 2 unspecified atom stereocenters. The van der Waals surface area contributed by atoms with Crippen molar-refractivity contribution in [2.45, 2.75) is 30.6 Å². The van der Waals surface area contributed by atoms with Crippen molar-refractivity contribution in [1.29, 1.82) is 0 Å². The van der Waals surface area contributed by atoms with Crippen molar-refractivity contribution in [2.24, 2.45) is 5.92 Å². The predicted molar refractivity (Wildman–Crippen MR) is 244 cm³/mol. The molecule has 0 N–H and O–H groups in total. The molecule has 3 nitrogen and oxygen atoms in total. The monoisotopic (exact) mass is 767 g/mol. The minimum atomic E-state index is -0.562. The Morgan fingerprint density at radius 3 is 1.72 bits per heavy atom. The second kappa shape index (κ2) is 13.1. The van der Waals surface area contributed by atoms with Gasteiger partial charge in [-0.1, -0.05) is 214 Å². The highest BCUT2D eigenvalue weighted by atomic mass is 15.0. The average Bonchev–Trinajstić information content (AvgIpc) is 3.61. The van der Waals surface area contributed by atoms with Gasteiger partial charge in [-0.3, -0.25) is 0 Å². The maximum atomic E-state index is 5.34. The molecule has 12 rings (SSSR count). The fourth-order valence-corrected chi connectivity index (χ4v) is 10.9. The van der Waals surface area contributed by atoms with Gasteiger partial charge in [-0.25, -0.2) is 15.0 Å². The summed E-state index contributed by atoms with van der Waals surface area (Å²) in [5, 5.41) is 2.61. The molecule has 0 radical (unpaired) electrons. The van der Waals surface area contributed by atoms with Gasteiger partial charge in [0.15, 0.2) is 17.5 Å². The highest BCUT2D eigenvalue weighted by Gasteiger charge is 2.54. The predicted octanol–water partition coefficient (Wildman–Crippen LogP) is 11.3. The molecular formula is C57H41N3. The lowest BCUT2D eigenvalue weighted by atomic mass is 9.55. The topological polar surface area (TPSA) is 38.7 Å². The van der Waals surface area contributed by atoms with Gasteiger partial charge < -0.3 is 0 Å². The van der Waals surface area contributed by atoms with Crippen molar-refractivity contribution in [2.75, 3.05) is 0 Å². The van der Waals surface area contributed by atoms with Crippen LogP contribution >= 0.6 is 0 Å². The molecule has 7 aromatic carbocycles. The van der Waals surface area contributed by atoms with E-state index in [0.717, 1.165) is 16.7 Å². The van der Waals surface area contributed by atoms with Gasteiger partial charge in [-0.05, 0) is 66.1 Å².